The van der Waals surface area contributed by atoms with E-state index in [4.69, 9.17) is 0 Å². The first-order chi connectivity index (χ1) is 10.7. The van der Waals surface area contributed by atoms with E-state index in [-0.39, 0.29) is 11.6 Å². The van der Waals surface area contributed by atoms with Gasteiger partial charge in [-0.25, -0.2) is 0 Å². The molecule has 4 aliphatic carbocycles. The molecule has 0 N–H and O–H groups in total. The van der Waals surface area contributed by atoms with Crippen LogP contribution in [0.15, 0.2) is 48.1 Å². The van der Waals surface area contributed by atoms with Crippen LogP contribution in [0.4, 0.5) is 0 Å². The number of carbonyl (C=O) groups excluding carboxylic acids is 2. The Hall–Kier alpha value is -2.48. The molecule has 4 aliphatic rings. The second-order valence-corrected chi connectivity index (χ2v) is 6.38. The smallest absolute Gasteiger partial charge is 0.154 e. The first kappa shape index (κ1) is 12.1. The zero-order valence-corrected chi connectivity index (χ0v) is 12.1. The molecule has 0 atom stereocenters. The standard InChI is InChI=1S/C20H14O2/c21-17-7-8-18(22)20(17)10-9-13-14-5-1-3-12-4-2-6-15(19(12)14)16(13)11-20/h1-4,6,9-11H,5,7-8H2. The molecule has 0 bridgehead atoms. The second kappa shape index (κ2) is 3.83. The number of carbonyl (C=O) groups is 2. The Balaban J connectivity index is 1.81. The van der Waals surface area contributed by atoms with Crippen LogP contribution in [0.3, 0.4) is 0 Å². The van der Waals surface area contributed by atoms with Crippen molar-refractivity contribution in [2.45, 2.75) is 19.3 Å². The highest BCUT2D eigenvalue weighted by Crippen LogP contribution is 2.52. The summed E-state index contributed by atoms with van der Waals surface area (Å²) in [4.78, 5) is 24.7. The van der Waals surface area contributed by atoms with E-state index in [1.807, 2.05) is 18.2 Å². The summed E-state index contributed by atoms with van der Waals surface area (Å²) >= 11 is 0. The number of Topliss-reactive ketones (excluding diaryl/α,β-unsaturated/α-hetero) is 2. The molecular formula is C20H14O2. The summed E-state index contributed by atoms with van der Waals surface area (Å²) in [7, 11) is 0. The Morgan fingerprint density at radius 2 is 1.82 bits per heavy atom. The van der Waals surface area contributed by atoms with Crippen LogP contribution in [-0.2, 0) is 9.59 Å². The average Bonchev–Trinajstić information content (AvgIpc) is 3.01. The Bertz CT molecular complexity index is 874. The fourth-order valence-electron chi connectivity index (χ4n) is 4.21. The number of hydrogen-bond donors (Lipinski definition) is 0. The van der Waals surface area contributed by atoms with Crippen LogP contribution in [-0.4, -0.2) is 11.6 Å². The minimum atomic E-state index is -0.997. The summed E-state index contributed by atoms with van der Waals surface area (Å²) in [5.74, 6) is 0.0823. The third-order valence-electron chi connectivity index (χ3n) is 5.31. The van der Waals surface area contributed by atoms with E-state index in [0.29, 0.717) is 12.8 Å². The van der Waals surface area contributed by atoms with Gasteiger partial charge < -0.3 is 0 Å². The average molecular weight is 286 g/mol. The quantitative estimate of drug-likeness (QED) is 0.681. The zero-order valence-electron chi connectivity index (χ0n) is 12.1. The Morgan fingerprint density at radius 3 is 2.64 bits per heavy atom. The van der Waals surface area contributed by atoms with Gasteiger partial charge in [-0.05, 0) is 39.8 Å². The molecule has 0 aliphatic heterocycles. The predicted molar refractivity (Wildman–Crippen MR) is 85.8 cm³/mol. The van der Waals surface area contributed by atoms with E-state index in [1.54, 1.807) is 0 Å². The summed E-state index contributed by atoms with van der Waals surface area (Å²) in [6, 6.07) is 6.28. The highest BCUT2D eigenvalue weighted by atomic mass is 16.2. The lowest BCUT2D eigenvalue weighted by atomic mass is 9.76. The Labute approximate surface area is 128 Å². The maximum absolute atomic E-state index is 12.3. The van der Waals surface area contributed by atoms with Crippen molar-refractivity contribution in [2.75, 3.05) is 0 Å². The molecule has 1 spiro atoms. The minimum Gasteiger partial charge on any atom is -0.298 e. The molecule has 0 heterocycles. The van der Waals surface area contributed by atoms with E-state index in [1.165, 1.54) is 27.8 Å². The van der Waals surface area contributed by atoms with E-state index < -0.39 is 5.41 Å². The summed E-state index contributed by atoms with van der Waals surface area (Å²) < 4.78 is 0. The molecule has 1 fully saturated rings. The molecular weight excluding hydrogens is 272 g/mol. The van der Waals surface area contributed by atoms with E-state index in [0.717, 1.165) is 12.0 Å². The van der Waals surface area contributed by atoms with Gasteiger partial charge in [0, 0.05) is 12.8 Å². The predicted octanol–water partition coefficient (Wildman–Crippen LogP) is 3.74. The summed E-state index contributed by atoms with van der Waals surface area (Å²) in [6.07, 6.45) is 11.8. The van der Waals surface area contributed by atoms with Crippen LogP contribution in [0.25, 0.3) is 17.2 Å². The van der Waals surface area contributed by atoms with E-state index in [2.05, 4.69) is 30.4 Å². The van der Waals surface area contributed by atoms with Gasteiger partial charge in [0.15, 0.2) is 11.6 Å². The number of allylic oxidation sites excluding steroid dienone is 7. The maximum atomic E-state index is 12.3. The number of rotatable bonds is 0. The molecule has 0 aromatic heterocycles. The van der Waals surface area contributed by atoms with Crippen LogP contribution in [0.2, 0.25) is 0 Å². The lowest BCUT2D eigenvalue weighted by molar-refractivity contribution is -0.129. The molecule has 106 valence electrons. The van der Waals surface area contributed by atoms with Crippen molar-refractivity contribution in [1.82, 2.24) is 0 Å². The minimum absolute atomic E-state index is 0.0412. The highest BCUT2D eigenvalue weighted by molar-refractivity contribution is 6.20. The van der Waals surface area contributed by atoms with Gasteiger partial charge >= 0.3 is 0 Å². The molecule has 2 heteroatoms. The van der Waals surface area contributed by atoms with Crippen molar-refractivity contribution in [3.05, 3.63) is 64.8 Å². The maximum Gasteiger partial charge on any atom is 0.154 e. The number of hydrogen-bond acceptors (Lipinski definition) is 2. The fourth-order valence-corrected chi connectivity index (χ4v) is 4.21. The third kappa shape index (κ3) is 1.26. The van der Waals surface area contributed by atoms with E-state index in [9.17, 15) is 9.59 Å². The highest BCUT2D eigenvalue weighted by Gasteiger charge is 2.48. The largest absolute Gasteiger partial charge is 0.298 e. The molecule has 0 saturated heterocycles. The third-order valence-corrected chi connectivity index (χ3v) is 5.31. The van der Waals surface area contributed by atoms with Gasteiger partial charge in [0.25, 0.3) is 0 Å². The van der Waals surface area contributed by atoms with Crippen LogP contribution in [0, 0.1) is 5.41 Å². The Kier molecular flexibility index (Phi) is 2.11. The molecule has 2 nitrogen and oxygen atoms in total. The summed E-state index contributed by atoms with van der Waals surface area (Å²) in [5, 5.41) is 0. The van der Waals surface area contributed by atoms with Crippen molar-refractivity contribution in [2.24, 2.45) is 5.41 Å². The summed E-state index contributed by atoms with van der Waals surface area (Å²) in [6.45, 7) is 0. The van der Waals surface area contributed by atoms with Gasteiger partial charge in [-0.2, -0.15) is 0 Å². The number of benzene rings is 1. The first-order valence-corrected chi connectivity index (χ1v) is 7.73. The lowest BCUT2D eigenvalue weighted by Gasteiger charge is -2.23. The van der Waals surface area contributed by atoms with Crippen molar-refractivity contribution >= 4 is 28.8 Å². The molecule has 1 aromatic rings. The van der Waals surface area contributed by atoms with Gasteiger partial charge in [-0.15, -0.1) is 0 Å². The van der Waals surface area contributed by atoms with Crippen LogP contribution in [0.1, 0.15) is 36.0 Å². The van der Waals surface area contributed by atoms with Gasteiger partial charge in [0.1, 0.15) is 5.41 Å². The molecule has 1 saturated carbocycles. The van der Waals surface area contributed by atoms with Crippen molar-refractivity contribution < 1.29 is 9.59 Å². The van der Waals surface area contributed by atoms with Crippen LogP contribution in [0.5, 0.6) is 0 Å². The molecule has 22 heavy (non-hydrogen) atoms. The fraction of sp³-hybridized carbons (Fsp3) is 0.200. The number of fused-ring (bicyclic) bond motifs is 2. The van der Waals surface area contributed by atoms with Gasteiger partial charge in [0.05, 0.1) is 0 Å². The molecule has 1 aromatic carbocycles. The van der Waals surface area contributed by atoms with Crippen LogP contribution < -0.4 is 0 Å². The van der Waals surface area contributed by atoms with Crippen LogP contribution >= 0.6 is 0 Å². The topological polar surface area (TPSA) is 34.1 Å². The number of ketones is 2. The SMILES string of the molecule is O=C1CCC(=O)C12C=CC1=C3CC=Cc4cccc(c43)C1=C2. The monoisotopic (exact) mass is 286 g/mol. The van der Waals surface area contributed by atoms with Gasteiger partial charge in [-0.1, -0.05) is 48.6 Å². The normalized spacial score (nSPS) is 23.2. The molecule has 0 amide bonds. The molecule has 0 unspecified atom stereocenters. The van der Waals surface area contributed by atoms with Gasteiger partial charge in [0.2, 0.25) is 0 Å². The molecule has 0 radical (unpaired) electrons. The zero-order chi connectivity index (χ0) is 14.9. The van der Waals surface area contributed by atoms with Crippen molar-refractivity contribution in [1.29, 1.82) is 0 Å². The second-order valence-electron chi connectivity index (χ2n) is 6.38. The first-order valence-electron chi connectivity index (χ1n) is 7.73. The lowest BCUT2D eigenvalue weighted by Crippen LogP contribution is -2.30. The van der Waals surface area contributed by atoms with Gasteiger partial charge in [-0.3, -0.25) is 9.59 Å². The van der Waals surface area contributed by atoms with Crippen molar-refractivity contribution in [3.8, 4) is 0 Å². The van der Waals surface area contributed by atoms with E-state index >= 15 is 0 Å². The molecule has 5 rings (SSSR count). The van der Waals surface area contributed by atoms with Crippen molar-refractivity contribution in [3.63, 3.8) is 0 Å². The Morgan fingerprint density at radius 1 is 1.00 bits per heavy atom. The summed E-state index contributed by atoms with van der Waals surface area (Å²) in [5.41, 5.74) is 6.26.